The van der Waals surface area contributed by atoms with Crippen LogP contribution in [0.3, 0.4) is 0 Å². The number of hydrogen-bond acceptors (Lipinski definition) is 3. The van der Waals surface area contributed by atoms with Crippen LogP contribution in [0.1, 0.15) is 10.4 Å². The highest BCUT2D eigenvalue weighted by Crippen LogP contribution is 2.19. The van der Waals surface area contributed by atoms with E-state index in [1.54, 1.807) is 12.1 Å². The van der Waals surface area contributed by atoms with Gasteiger partial charge in [0.25, 0.3) is 5.91 Å². The van der Waals surface area contributed by atoms with Crippen LogP contribution in [0.15, 0.2) is 18.2 Å². The first-order chi connectivity index (χ1) is 6.65. The Morgan fingerprint density at radius 3 is 2.73 bits per heavy atom. The maximum Gasteiger partial charge on any atom is 0.251 e. The normalized spacial score (nSPS) is 9.20. The Balaban J connectivity index is 0.00000196. The van der Waals surface area contributed by atoms with E-state index < -0.39 is 0 Å². The molecule has 0 saturated heterocycles. The molecular weight excluding hydrogens is 239 g/mol. The number of aliphatic hydroxyl groups excluding tert-OH is 1. The van der Waals surface area contributed by atoms with Gasteiger partial charge in [-0.1, -0.05) is 11.6 Å². The van der Waals surface area contributed by atoms with Gasteiger partial charge in [0.05, 0.1) is 17.3 Å². The number of aliphatic hydroxyl groups is 1. The molecule has 84 valence electrons. The fraction of sp³-hybridized carbons (Fsp3) is 0.222. The lowest BCUT2D eigenvalue weighted by Gasteiger charge is -2.04. The monoisotopic (exact) mass is 250 g/mol. The topological polar surface area (TPSA) is 75.4 Å². The van der Waals surface area contributed by atoms with Crippen LogP contribution in [0.5, 0.6) is 0 Å². The molecule has 0 saturated carbocycles. The summed E-state index contributed by atoms with van der Waals surface area (Å²) in [5, 5.41) is 11.4. The number of hydrogen-bond donors (Lipinski definition) is 3. The van der Waals surface area contributed by atoms with E-state index >= 15 is 0 Å². The van der Waals surface area contributed by atoms with E-state index in [1.165, 1.54) is 6.07 Å². The van der Waals surface area contributed by atoms with Crippen molar-refractivity contribution in [3.8, 4) is 0 Å². The molecule has 0 unspecified atom stereocenters. The van der Waals surface area contributed by atoms with Crippen LogP contribution in [-0.4, -0.2) is 24.2 Å². The second kappa shape index (κ2) is 6.50. The molecule has 6 heteroatoms. The number of amides is 1. The summed E-state index contributed by atoms with van der Waals surface area (Å²) >= 11 is 5.69. The summed E-state index contributed by atoms with van der Waals surface area (Å²) in [5.74, 6) is -0.276. The summed E-state index contributed by atoms with van der Waals surface area (Å²) < 4.78 is 0. The molecular formula is C9H12Cl2N2O2. The molecule has 0 aliphatic carbocycles. The molecule has 15 heavy (non-hydrogen) atoms. The molecule has 1 amide bonds. The molecule has 0 fully saturated rings. The zero-order valence-corrected chi connectivity index (χ0v) is 9.44. The van der Waals surface area contributed by atoms with Crippen LogP contribution in [0.25, 0.3) is 0 Å². The van der Waals surface area contributed by atoms with E-state index in [2.05, 4.69) is 5.32 Å². The van der Waals surface area contributed by atoms with Crippen molar-refractivity contribution in [3.63, 3.8) is 0 Å². The first-order valence-electron chi connectivity index (χ1n) is 4.09. The van der Waals surface area contributed by atoms with Crippen LogP contribution in [0, 0.1) is 0 Å². The van der Waals surface area contributed by atoms with Gasteiger partial charge < -0.3 is 16.2 Å². The highest BCUT2D eigenvalue weighted by Gasteiger charge is 2.05. The molecule has 0 spiro atoms. The number of benzene rings is 1. The number of nitrogen functional groups attached to an aromatic ring is 1. The number of carbonyl (C=O) groups is 1. The fourth-order valence-corrected chi connectivity index (χ4v) is 1.07. The largest absolute Gasteiger partial charge is 0.398 e. The molecule has 0 heterocycles. The van der Waals surface area contributed by atoms with E-state index in [4.69, 9.17) is 22.4 Å². The third kappa shape index (κ3) is 3.95. The van der Waals surface area contributed by atoms with Gasteiger partial charge in [-0.2, -0.15) is 0 Å². The molecule has 1 rings (SSSR count). The number of nitrogens with two attached hydrogens (primary N) is 1. The SMILES string of the molecule is Cl.Nc1cc(C(=O)NCCO)ccc1Cl. The molecule has 0 aliphatic rings. The molecule has 0 aromatic heterocycles. The second-order valence-corrected chi connectivity index (χ2v) is 3.12. The molecule has 0 radical (unpaired) electrons. The lowest BCUT2D eigenvalue weighted by Crippen LogP contribution is -2.26. The standard InChI is InChI=1S/C9H11ClN2O2.ClH/c10-7-2-1-6(5-8(7)11)9(14)12-3-4-13;/h1-2,5,13H,3-4,11H2,(H,12,14);1H. The summed E-state index contributed by atoms with van der Waals surface area (Å²) in [4.78, 5) is 11.3. The Labute approximate surface area is 98.8 Å². The zero-order chi connectivity index (χ0) is 10.6. The summed E-state index contributed by atoms with van der Waals surface area (Å²) in [6.45, 7) is 0.135. The van der Waals surface area contributed by atoms with Crippen molar-refractivity contribution >= 4 is 35.6 Å². The third-order valence-electron chi connectivity index (χ3n) is 1.66. The van der Waals surface area contributed by atoms with E-state index in [0.29, 0.717) is 16.3 Å². The van der Waals surface area contributed by atoms with Crippen LogP contribution in [0.2, 0.25) is 5.02 Å². The molecule has 0 atom stereocenters. The van der Waals surface area contributed by atoms with Gasteiger partial charge in [-0.3, -0.25) is 4.79 Å². The average Bonchev–Trinajstić information content (AvgIpc) is 2.18. The van der Waals surface area contributed by atoms with Gasteiger partial charge in [0, 0.05) is 12.1 Å². The Kier molecular flexibility index (Phi) is 6.08. The van der Waals surface area contributed by atoms with Crippen molar-refractivity contribution in [1.29, 1.82) is 0 Å². The minimum Gasteiger partial charge on any atom is -0.398 e. The van der Waals surface area contributed by atoms with Crippen molar-refractivity contribution < 1.29 is 9.90 Å². The predicted octanol–water partition coefficient (Wildman–Crippen LogP) is 1.07. The third-order valence-corrected chi connectivity index (χ3v) is 2.00. The van der Waals surface area contributed by atoms with Crippen molar-refractivity contribution in [3.05, 3.63) is 28.8 Å². The van der Waals surface area contributed by atoms with E-state index in [1.807, 2.05) is 0 Å². The summed E-state index contributed by atoms with van der Waals surface area (Å²) in [6, 6.07) is 4.63. The molecule has 0 bridgehead atoms. The maximum atomic E-state index is 11.3. The minimum absolute atomic E-state index is 0. The van der Waals surface area contributed by atoms with Gasteiger partial charge >= 0.3 is 0 Å². The highest BCUT2D eigenvalue weighted by molar-refractivity contribution is 6.33. The van der Waals surface area contributed by atoms with Gasteiger partial charge in [0.15, 0.2) is 0 Å². The molecule has 1 aromatic rings. The number of anilines is 1. The van der Waals surface area contributed by atoms with Crippen LogP contribution in [-0.2, 0) is 0 Å². The summed E-state index contributed by atoms with van der Waals surface area (Å²) in [5.41, 5.74) is 6.32. The average molecular weight is 251 g/mol. The van der Waals surface area contributed by atoms with Gasteiger partial charge in [0.2, 0.25) is 0 Å². The van der Waals surface area contributed by atoms with Gasteiger partial charge in [-0.25, -0.2) is 0 Å². The first-order valence-corrected chi connectivity index (χ1v) is 4.47. The van der Waals surface area contributed by atoms with Gasteiger partial charge in [0.1, 0.15) is 0 Å². The van der Waals surface area contributed by atoms with E-state index in [-0.39, 0.29) is 31.5 Å². The van der Waals surface area contributed by atoms with Crippen molar-refractivity contribution in [2.24, 2.45) is 0 Å². The van der Waals surface area contributed by atoms with Gasteiger partial charge in [-0.05, 0) is 18.2 Å². The second-order valence-electron chi connectivity index (χ2n) is 2.72. The lowest BCUT2D eigenvalue weighted by atomic mass is 10.2. The van der Waals surface area contributed by atoms with Crippen LogP contribution in [0.4, 0.5) is 5.69 Å². The molecule has 4 nitrogen and oxygen atoms in total. The smallest absolute Gasteiger partial charge is 0.251 e. The first kappa shape index (κ1) is 14.0. The number of halogens is 2. The Morgan fingerprint density at radius 1 is 1.53 bits per heavy atom. The van der Waals surface area contributed by atoms with Crippen molar-refractivity contribution in [2.45, 2.75) is 0 Å². The Hall–Kier alpha value is -0.970. The number of nitrogens with one attached hydrogen (secondary N) is 1. The predicted molar refractivity (Wildman–Crippen MR) is 62.5 cm³/mol. The van der Waals surface area contributed by atoms with Crippen LogP contribution < -0.4 is 11.1 Å². The summed E-state index contributed by atoms with van der Waals surface area (Å²) in [6.07, 6.45) is 0. The van der Waals surface area contributed by atoms with Crippen LogP contribution >= 0.6 is 24.0 Å². The highest BCUT2D eigenvalue weighted by atomic mass is 35.5. The number of rotatable bonds is 3. The van der Waals surface area contributed by atoms with Crippen molar-refractivity contribution in [1.82, 2.24) is 5.32 Å². The Bertz CT molecular complexity index is 345. The maximum absolute atomic E-state index is 11.3. The van der Waals surface area contributed by atoms with E-state index in [9.17, 15) is 4.79 Å². The molecule has 4 N–H and O–H groups in total. The zero-order valence-electron chi connectivity index (χ0n) is 7.87. The summed E-state index contributed by atoms with van der Waals surface area (Å²) in [7, 11) is 0. The lowest BCUT2D eigenvalue weighted by molar-refractivity contribution is 0.0945. The number of carbonyl (C=O) groups excluding carboxylic acids is 1. The van der Waals surface area contributed by atoms with Crippen molar-refractivity contribution in [2.75, 3.05) is 18.9 Å². The fourth-order valence-electron chi connectivity index (χ4n) is 0.956. The Morgan fingerprint density at radius 2 is 2.20 bits per heavy atom. The van der Waals surface area contributed by atoms with E-state index in [0.717, 1.165) is 0 Å². The minimum atomic E-state index is -0.276. The quantitative estimate of drug-likeness (QED) is 0.703. The molecule has 0 aliphatic heterocycles. The van der Waals surface area contributed by atoms with Gasteiger partial charge in [-0.15, -0.1) is 12.4 Å². The molecule has 1 aromatic carbocycles.